The molecule has 0 atom stereocenters. The van der Waals surface area contributed by atoms with Crippen molar-refractivity contribution in [2.75, 3.05) is 13.2 Å². The second-order valence-electron chi connectivity index (χ2n) is 2.90. The molecule has 0 bridgehead atoms. The van der Waals surface area contributed by atoms with Gasteiger partial charge in [-0.05, 0) is 6.92 Å². The van der Waals surface area contributed by atoms with Gasteiger partial charge in [-0.15, -0.1) is 0 Å². The Bertz CT molecular complexity index is 116. The van der Waals surface area contributed by atoms with Gasteiger partial charge in [0.2, 0.25) is 0 Å². The highest BCUT2D eigenvalue weighted by molar-refractivity contribution is 6.25. The Morgan fingerprint density at radius 3 is 1.69 bits per heavy atom. The second kappa shape index (κ2) is 7.48. The highest BCUT2D eigenvalue weighted by atomic mass is 16.5. The lowest BCUT2D eigenvalue weighted by Crippen LogP contribution is -2.40. The van der Waals surface area contributed by atoms with E-state index in [0.717, 1.165) is 0 Å². The fourth-order valence-electron chi connectivity index (χ4n) is 0.913. The zero-order valence-corrected chi connectivity index (χ0v) is 8.87. The Morgan fingerprint density at radius 1 is 0.923 bits per heavy atom. The van der Waals surface area contributed by atoms with Crippen molar-refractivity contribution in [2.45, 2.75) is 33.0 Å². The molecule has 0 unspecified atom stereocenters. The summed E-state index contributed by atoms with van der Waals surface area (Å²) in [5.41, 5.74) is -0.409. The standard InChI is InChI=1S/C7H16B3O3/c1-7(13-10-4,5-11-8-2)6-12-9-3/h5-6H2,1-4H3. The van der Waals surface area contributed by atoms with E-state index in [0.29, 0.717) is 13.2 Å². The van der Waals surface area contributed by atoms with Gasteiger partial charge >= 0.3 is 0 Å². The largest absolute Gasteiger partial charge is 0.438 e. The quantitative estimate of drug-likeness (QED) is 0.517. The number of hydrogen-bond donors (Lipinski definition) is 0. The minimum Gasteiger partial charge on any atom is -0.438 e. The summed E-state index contributed by atoms with van der Waals surface area (Å²) in [6.07, 6.45) is 0. The van der Waals surface area contributed by atoms with Crippen molar-refractivity contribution >= 4 is 22.4 Å². The van der Waals surface area contributed by atoms with Gasteiger partial charge in [0.25, 0.3) is 22.4 Å². The molecule has 0 amide bonds. The zero-order valence-electron chi connectivity index (χ0n) is 8.87. The van der Waals surface area contributed by atoms with Crippen LogP contribution in [0.2, 0.25) is 20.5 Å². The first-order valence-electron chi connectivity index (χ1n) is 4.43. The van der Waals surface area contributed by atoms with Crippen molar-refractivity contribution in [3.8, 4) is 0 Å². The summed E-state index contributed by atoms with van der Waals surface area (Å²) >= 11 is 0. The highest BCUT2D eigenvalue weighted by Crippen LogP contribution is 2.10. The van der Waals surface area contributed by atoms with Gasteiger partial charge in [-0.2, -0.15) is 0 Å². The van der Waals surface area contributed by atoms with Crippen LogP contribution in [0.1, 0.15) is 6.92 Å². The van der Waals surface area contributed by atoms with Crippen LogP contribution in [0.15, 0.2) is 0 Å². The van der Waals surface area contributed by atoms with Crippen molar-refractivity contribution in [1.82, 2.24) is 0 Å². The maximum atomic E-state index is 5.42. The maximum Gasteiger partial charge on any atom is 0.290 e. The Balaban J connectivity index is 3.84. The minimum absolute atomic E-state index is 0.409. The second-order valence-corrected chi connectivity index (χ2v) is 2.90. The zero-order chi connectivity index (χ0) is 10.2. The molecule has 6 heteroatoms. The van der Waals surface area contributed by atoms with E-state index in [1.165, 1.54) is 0 Å². The third-order valence-electron chi connectivity index (χ3n) is 1.51. The molecule has 0 heterocycles. The molecule has 0 fully saturated rings. The lowest BCUT2D eigenvalue weighted by Gasteiger charge is -2.29. The molecule has 0 spiro atoms. The van der Waals surface area contributed by atoms with Crippen LogP contribution in [0.3, 0.4) is 0 Å². The van der Waals surface area contributed by atoms with E-state index in [4.69, 9.17) is 14.0 Å². The van der Waals surface area contributed by atoms with E-state index >= 15 is 0 Å². The van der Waals surface area contributed by atoms with E-state index in [2.05, 4.69) is 0 Å². The molecule has 0 rings (SSSR count). The van der Waals surface area contributed by atoms with Gasteiger partial charge in [-0.3, -0.25) is 0 Å². The first-order chi connectivity index (χ1) is 6.18. The summed E-state index contributed by atoms with van der Waals surface area (Å²) in [5.74, 6) is 0. The summed E-state index contributed by atoms with van der Waals surface area (Å²) in [5, 5.41) is 0. The average Bonchev–Trinajstić information content (AvgIpc) is 2.12. The molecule has 0 N–H and O–H groups in total. The Hall–Kier alpha value is 0.0748. The molecule has 0 aromatic heterocycles. The lowest BCUT2D eigenvalue weighted by molar-refractivity contribution is 0.00110. The van der Waals surface area contributed by atoms with Crippen molar-refractivity contribution < 1.29 is 14.0 Å². The van der Waals surface area contributed by atoms with Gasteiger partial charge in [0.15, 0.2) is 0 Å². The molecule has 0 aromatic rings. The fourth-order valence-corrected chi connectivity index (χ4v) is 0.913. The van der Waals surface area contributed by atoms with E-state index in [1.807, 2.05) is 27.4 Å². The van der Waals surface area contributed by atoms with Crippen molar-refractivity contribution in [3.05, 3.63) is 0 Å². The van der Waals surface area contributed by atoms with Gasteiger partial charge in [0, 0.05) is 0 Å². The van der Waals surface area contributed by atoms with E-state index in [-0.39, 0.29) is 0 Å². The molecular formula is C7H16B3O3. The molecule has 0 aliphatic carbocycles. The summed E-state index contributed by atoms with van der Waals surface area (Å²) in [6.45, 7) is 8.43. The molecule has 0 saturated carbocycles. The molecular weight excluding hydrogens is 165 g/mol. The predicted molar refractivity (Wildman–Crippen MR) is 56.2 cm³/mol. The van der Waals surface area contributed by atoms with E-state index < -0.39 is 5.60 Å². The van der Waals surface area contributed by atoms with Gasteiger partial charge in [0.1, 0.15) is 0 Å². The molecule has 3 nitrogen and oxygen atoms in total. The van der Waals surface area contributed by atoms with Gasteiger partial charge in [0.05, 0.1) is 18.8 Å². The first kappa shape index (κ1) is 13.1. The predicted octanol–water partition coefficient (Wildman–Crippen LogP) is 0.797. The van der Waals surface area contributed by atoms with E-state index in [1.54, 1.807) is 22.4 Å². The monoisotopic (exact) mass is 181 g/mol. The van der Waals surface area contributed by atoms with Gasteiger partial charge in [-0.1, -0.05) is 20.5 Å². The van der Waals surface area contributed by atoms with Crippen LogP contribution in [-0.4, -0.2) is 41.3 Å². The maximum absolute atomic E-state index is 5.42. The molecule has 13 heavy (non-hydrogen) atoms. The normalized spacial score (nSPS) is 11.1. The molecule has 0 aliphatic heterocycles. The average molecular weight is 181 g/mol. The molecule has 0 saturated heterocycles. The first-order valence-corrected chi connectivity index (χ1v) is 4.43. The van der Waals surface area contributed by atoms with Crippen LogP contribution in [0.5, 0.6) is 0 Å². The van der Waals surface area contributed by atoms with Gasteiger partial charge < -0.3 is 14.0 Å². The van der Waals surface area contributed by atoms with Gasteiger partial charge in [-0.25, -0.2) is 0 Å². The van der Waals surface area contributed by atoms with Crippen molar-refractivity contribution in [3.63, 3.8) is 0 Å². The van der Waals surface area contributed by atoms with Crippen LogP contribution < -0.4 is 0 Å². The highest BCUT2D eigenvalue weighted by Gasteiger charge is 2.24. The SMILES string of the molecule is C[B]OCC(C)(CO[B]C)O[B]C. The Morgan fingerprint density at radius 2 is 1.38 bits per heavy atom. The summed E-state index contributed by atoms with van der Waals surface area (Å²) in [4.78, 5) is 0. The molecule has 0 aliphatic rings. The minimum atomic E-state index is -0.409. The third-order valence-corrected chi connectivity index (χ3v) is 1.51. The molecule has 3 radical (unpaired) electrons. The van der Waals surface area contributed by atoms with Crippen LogP contribution >= 0.6 is 0 Å². The van der Waals surface area contributed by atoms with Crippen LogP contribution in [0.4, 0.5) is 0 Å². The number of rotatable bonds is 8. The Kier molecular flexibility index (Phi) is 7.52. The smallest absolute Gasteiger partial charge is 0.290 e. The van der Waals surface area contributed by atoms with E-state index in [9.17, 15) is 0 Å². The van der Waals surface area contributed by atoms with Crippen LogP contribution in [0, 0.1) is 0 Å². The fraction of sp³-hybridized carbons (Fsp3) is 1.00. The lowest BCUT2D eigenvalue weighted by atomic mass is 9.99. The summed E-state index contributed by atoms with van der Waals surface area (Å²) in [7, 11) is 4.94. The summed E-state index contributed by atoms with van der Waals surface area (Å²) < 4.78 is 15.8. The van der Waals surface area contributed by atoms with Crippen LogP contribution in [-0.2, 0) is 14.0 Å². The van der Waals surface area contributed by atoms with Crippen molar-refractivity contribution in [1.29, 1.82) is 0 Å². The Labute approximate surface area is 83.3 Å². The number of hydrogen-bond acceptors (Lipinski definition) is 3. The third kappa shape index (κ3) is 6.19. The topological polar surface area (TPSA) is 27.7 Å². The molecule has 71 valence electrons. The van der Waals surface area contributed by atoms with Crippen LogP contribution in [0.25, 0.3) is 0 Å². The molecule has 0 aromatic carbocycles. The van der Waals surface area contributed by atoms with Crippen molar-refractivity contribution in [2.24, 2.45) is 0 Å². The summed E-state index contributed by atoms with van der Waals surface area (Å²) in [6, 6.07) is 0.